The Kier molecular flexibility index (Phi) is 9.50. The minimum absolute atomic E-state index is 0.00300. The Morgan fingerprint density at radius 2 is 1.82 bits per heavy atom. The first-order chi connectivity index (χ1) is 21.1. The van der Waals surface area contributed by atoms with Crippen molar-refractivity contribution in [3.05, 3.63) is 80.1 Å². The number of halogens is 3. The number of amidine groups is 1. The van der Waals surface area contributed by atoms with Gasteiger partial charge in [0, 0.05) is 28.8 Å². The van der Waals surface area contributed by atoms with Crippen LogP contribution in [-0.2, 0) is 24.5 Å². The van der Waals surface area contributed by atoms with Crippen molar-refractivity contribution < 1.29 is 32.3 Å². The standard InChI is InChI=1S/C31H33ClF2N4O5S/c1-5-41-29(39)21-24(16-7-9-17(10-8-16)27-36-20(15-43-27)31(3,4)30(40)42-6-2)37-26(28-35-13-14-44-28)38-25(21)18-11-12-19(33)23(34)22(18)32/h11-17,25H,5-10H2,1-4H3,(H,37,38)/t16-,17-,25?. The quantitative estimate of drug-likeness (QED) is 0.200. The Hall–Kier alpha value is -3.64. The van der Waals surface area contributed by atoms with Gasteiger partial charge in [-0.3, -0.25) is 9.79 Å². The van der Waals surface area contributed by atoms with E-state index in [1.807, 2.05) is 0 Å². The summed E-state index contributed by atoms with van der Waals surface area (Å²) < 4.78 is 45.2. The second-order valence-corrected chi connectivity index (χ2v) is 12.4. The fourth-order valence-corrected chi connectivity index (χ4v) is 6.40. The molecule has 0 spiro atoms. The second kappa shape index (κ2) is 13.2. The van der Waals surface area contributed by atoms with Crippen molar-refractivity contribution in [1.82, 2.24) is 15.3 Å². The molecule has 1 atom stereocenters. The number of nitrogens with zero attached hydrogens (tertiary/aromatic N) is 3. The Bertz CT molecular complexity index is 1600. The normalized spacial score (nSPS) is 20.6. The van der Waals surface area contributed by atoms with E-state index in [2.05, 4.69) is 15.3 Å². The molecule has 0 radical (unpaired) electrons. The lowest BCUT2D eigenvalue weighted by molar-refractivity contribution is -0.149. The summed E-state index contributed by atoms with van der Waals surface area (Å²) in [6.07, 6.45) is 5.82. The molecule has 1 saturated carbocycles. The number of esters is 2. The number of hydrogen-bond donors (Lipinski definition) is 1. The molecule has 1 aliphatic heterocycles. The first-order valence-corrected chi connectivity index (χ1v) is 15.7. The van der Waals surface area contributed by atoms with Crippen LogP contribution in [0.1, 0.15) is 87.5 Å². The molecule has 44 heavy (non-hydrogen) atoms. The van der Waals surface area contributed by atoms with Gasteiger partial charge in [-0.05, 0) is 65.4 Å². The summed E-state index contributed by atoms with van der Waals surface area (Å²) in [5.41, 5.74) is 0.474. The fourth-order valence-electron chi connectivity index (χ4n) is 5.55. The maximum Gasteiger partial charge on any atom is 0.338 e. The largest absolute Gasteiger partial charge is 0.465 e. The molecule has 13 heteroatoms. The van der Waals surface area contributed by atoms with Crippen LogP contribution in [0.3, 0.4) is 0 Å². The smallest absolute Gasteiger partial charge is 0.338 e. The third kappa shape index (κ3) is 6.14. The summed E-state index contributed by atoms with van der Waals surface area (Å²) >= 11 is 7.65. The molecule has 0 saturated heterocycles. The first kappa shape index (κ1) is 31.8. The van der Waals surface area contributed by atoms with E-state index in [9.17, 15) is 18.4 Å². The molecule has 0 amide bonds. The first-order valence-electron chi connectivity index (χ1n) is 14.5. The van der Waals surface area contributed by atoms with Crippen LogP contribution in [0.4, 0.5) is 8.78 Å². The van der Waals surface area contributed by atoms with Crippen molar-refractivity contribution >= 4 is 40.7 Å². The molecule has 1 aliphatic carbocycles. The van der Waals surface area contributed by atoms with Crippen LogP contribution in [0.15, 0.2) is 50.7 Å². The number of aliphatic imine (C=N–C) groups is 1. The third-order valence-electron chi connectivity index (χ3n) is 8.00. The molecule has 3 heterocycles. The van der Waals surface area contributed by atoms with E-state index < -0.39 is 34.1 Å². The zero-order valence-corrected chi connectivity index (χ0v) is 26.4. The fraction of sp³-hybridized carbons (Fsp3) is 0.452. The zero-order valence-electron chi connectivity index (χ0n) is 24.8. The van der Waals surface area contributed by atoms with E-state index in [0.717, 1.165) is 6.07 Å². The number of aromatic nitrogens is 2. The van der Waals surface area contributed by atoms with E-state index in [1.54, 1.807) is 39.3 Å². The number of hydrogen-bond acceptors (Lipinski definition) is 10. The summed E-state index contributed by atoms with van der Waals surface area (Å²) in [6.45, 7) is 7.32. The molecular weight excluding hydrogens is 614 g/mol. The molecule has 5 rings (SSSR count). The molecule has 1 fully saturated rings. The highest BCUT2D eigenvalue weighted by atomic mass is 35.5. The minimum Gasteiger partial charge on any atom is -0.465 e. The van der Waals surface area contributed by atoms with E-state index in [-0.39, 0.29) is 42.2 Å². The van der Waals surface area contributed by atoms with E-state index >= 15 is 0 Å². The monoisotopic (exact) mass is 646 g/mol. The Morgan fingerprint density at radius 1 is 1.11 bits per heavy atom. The van der Waals surface area contributed by atoms with Gasteiger partial charge in [0.25, 0.3) is 0 Å². The van der Waals surface area contributed by atoms with Gasteiger partial charge in [-0.1, -0.05) is 17.7 Å². The molecule has 3 aromatic rings. The highest BCUT2D eigenvalue weighted by molar-refractivity contribution is 7.11. The number of nitrogens with one attached hydrogen (secondary N) is 1. The second-order valence-electron chi connectivity index (χ2n) is 11.1. The van der Waals surface area contributed by atoms with Gasteiger partial charge in [0.2, 0.25) is 0 Å². The summed E-state index contributed by atoms with van der Waals surface area (Å²) in [6, 6.07) is 1.26. The Morgan fingerprint density at radius 3 is 2.48 bits per heavy atom. The highest BCUT2D eigenvalue weighted by Gasteiger charge is 2.40. The average molecular weight is 647 g/mol. The predicted molar refractivity (Wildman–Crippen MR) is 160 cm³/mol. The van der Waals surface area contributed by atoms with Crippen LogP contribution in [0.2, 0.25) is 5.02 Å². The number of carbonyl (C=O) groups is 2. The van der Waals surface area contributed by atoms with Crippen LogP contribution in [0.5, 0.6) is 0 Å². The maximum atomic E-state index is 14.7. The van der Waals surface area contributed by atoms with Crippen LogP contribution in [0.25, 0.3) is 0 Å². The number of rotatable bonds is 9. The number of ether oxygens (including phenoxy) is 2. The molecule has 0 bridgehead atoms. The lowest BCUT2D eigenvalue weighted by atomic mass is 9.78. The van der Waals surface area contributed by atoms with E-state index in [1.165, 1.54) is 23.7 Å². The van der Waals surface area contributed by atoms with Gasteiger partial charge in [-0.15, -0.1) is 11.3 Å². The number of oxazole rings is 1. The van der Waals surface area contributed by atoms with Crippen LogP contribution in [0, 0.1) is 17.6 Å². The van der Waals surface area contributed by atoms with Crippen molar-refractivity contribution in [3.8, 4) is 0 Å². The van der Waals surface area contributed by atoms with Gasteiger partial charge in [-0.2, -0.15) is 0 Å². The molecular formula is C31H33ClF2N4O5S. The van der Waals surface area contributed by atoms with Gasteiger partial charge in [0.1, 0.15) is 17.7 Å². The number of carbonyl (C=O) groups excluding carboxylic acids is 2. The molecule has 234 valence electrons. The Labute approximate surface area is 262 Å². The molecule has 1 N–H and O–H groups in total. The van der Waals surface area contributed by atoms with E-state index in [0.29, 0.717) is 53.8 Å². The summed E-state index contributed by atoms with van der Waals surface area (Å²) in [5, 5.41) is 5.25. The van der Waals surface area contributed by atoms with Crippen LogP contribution >= 0.6 is 22.9 Å². The number of allylic oxidation sites excluding steroid dienone is 1. The van der Waals surface area contributed by atoms with Crippen LogP contribution in [-0.4, -0.2) is 41.0 Å². The molecule has 2 aromatic heterocycles. The molecule has 1 aromatic carbocycles. The lowest BCUT2D eigenvalue weighted by Gasteiger charge is -2.34. The van der Waals surface area contributed by atoms with Crippen molar-refractivity contribution in [2.75, 3.05) is 13.2 Å². The minimum atomic E-state index is -1.21. The van der Waals surface area contributed by atoms with Crippen molar-refractivity contribution in [1.29, 1.82) is 0 Å². The molecule has 2 aliphatic rings. The van der Waals surface area contributed by atoms with Gasteiger partial charge in [-0.25, -0.2) is 23.5 Å². The average Bonchev–Trinajstić information content (AvgIpc) is 3.74. The van der Waals surface area contributed by atoms with Gasteiger partial charge in [0.15, 0.2) is 28.4 Å². The third-order valence-corrected chi connectivity index (χ3v) is 9.16. The summed E-state index contributed by atoms with van der Waals surface area (Å²) in [4.78, 5) is 39.7. The van der Waals surface area contributed by atoms with Crippen LogP contribution < -0.4 is 5.32 Å². The lowest BCUT2D eigenvalue weighted by Crippen LogP contribution is -2.38. The van der Waals surface area contributed by atoms with Crippen molar-refractivity contribution in [2.24, 2.45) is 10.9 Å². The maximum absolute atomic E-state index is 14.7. The van der Waals surface area contributed by atoms with Crippen molar-refractivity contribution in [3.63, 3.8) is 0 Å². The summed E-state index contributed by atoms with van der Waals surface area (Å²) in [5.74, 6) is -2.50. The zero-order chi connectivity index (χ0) is 31.6. The Balaban J connectivity index is 1.47. The van der Waals surface area contributed by atoms with E-state index in [4.69, 9.17) is 30.5 Å². The van der Waals surface area contributed by atoms with Gasteiger partial charge >= 0.3 is 11.9 Å². The molecule has 1 unspecified atom stereocenters. The highest BCUT2D eigenvalue weighted by Crippen LogP contribution is 2.44. The topological polar surface area (TPSA) is 116 Å². The van der Waals surface area contributed by atoms with Gasteiger partial charge < -0.3 is 19.2 Å². The summed E-state index contributed by atoms with van der Waals surface area (Å²) in [7, 11) is 0. The predicted octanol–water partition coefficient (Wildman–Crippen LogP) is 6.79. The van der Waals surface area contributed by atoms with Crippen molar-refractivity contribution in [2.45, 2.75) is 70.8 Å². The SMILES string of the molecule is CCOC(=O)C1=C([C@H]2CC[C@H](c3nc(C(C)(C)C(=O)OCC)co3)CC2)NC(c2nccs2)=NC1c1ccc(F)c(F)c1Cl. The van der Waals surface area contributed by atoms with Gasteiger partial charge in [0.05, 0.1) is 29.5 Å². The number of benzene rings is 1. The molecule has 9 nitrogen and oxygen atoms in total. The number of thiazole rings is 1.